The lowest BCUT2D eigenvalue weighted by Gasteiger charge is -2.07. The van der Waals surface area contributed by atoms with E-state index in [2.05, 4.69) is 15.3 Å². The molecule has 2 heterocycles. The van der Waals surface area contributed by atoms with E-state index in [0.717, 1.165) is 0 Å². The first-order chi connectivity index (χ1) is 8.16. The number of nitrogen functional groups attached to an aromatic ring is 1. The van der Waals surface area contributed by atoms with E-state index < -0.39 is 0 Å². The minimum Gasteiger partial charge on any atom is -0.397 e. The summed E-state index contributed by atoms with van der Waals surface area (Å²) in [6.07, 6.45) is 4.74. The third kappa shape index (κ3) is 2.57. The van der Waals surface area contributed by atoms with Crippen LogP contribution in [0.3, 0.4) is 0 Å². The Labute approximate surface area is 98.7 Å². The Bertz CT molecular complexity index is 539. The zero-order chi connectivity index (χ0) is 12.3. The van der Waals surface area contributed by atoms with Crippen LogP contribution < -0.4 is 11.1 Å². The van der Waals surface area contributed by atoms with Gasteiger partial charge in [0.2, 0.25) is 0 Å². The summed E-state index contributed by atoms with van der Waals surface area (Å²) >= 11 is 0. The van der Waals surface area contributed by atoms with Gasteiger partial charge < -0.3 is 11.1 Å². The van der Waals surface area contributed by atoms with Crippen molar-refractivity contribution in [3.8, 4) is 0 Å². The highest BCUT2D eigenvalue weighted by Gasteiger charge is 2.10. The average molecular weight is 228 g/mol. The van der Waals surface area contributed by atoms with Crippen LogP contribution in [0.4, 0.5) is 11.4 Å². The van der Waals surface area contributed by atoms with Gasteiger partial charge >= 0.3 is 0 Å². The topological polar surface area (TPSA) is 80.9 Å². The predicted molar refractivity (Wildman–Crippen MR) is 65.6 cm³/mol. The van der Waals surface area contributed by atoms with Gasteiger partial charge in [-0.15, -0.1) is 0 Å². The Morgan fingerprint density at radius 2 is 2.24 bits per heavy atom. The van der Waals surface area contributed by atoms with Crippen molar-refractivity contribution in [2.24, 2.45) is 0 Å². The lowest BCUT2D eigenvalue weighted by atomic mass is 10.2. The lowest BCUT2D eigenvalue weighted by Crippen LogP contribution is -2.14. The Morgan fingerprint density at radius 1 is 1.41 bits per heavy atom. The molecule has 2 aromatic heterocycles. The SMILES string of the molecule is Cc1ncc(N)cc1C(=O)Nc1cccnc1. The van der Waals surface area contributed by atoms with E-state index in [9.17, 15) is 4.79 Å². The first kappa shape index (κ1) is 11.1. The fourth-order valence-electron chi connectivity index (χ4n) is 1.41. The number of carbonyl (C=O) groups is 1. The highest BCUT2D eigenvalue weighted by Crippen LogP contribution is 2.12. The van der Waals surface area contributed by atoms with Crippen LogP contribution in [0.25, 0.3) is 0 Å². The van der Waals surface area contributed by atoms with Gasteiger partial charge in [-0.1, -0.05) is 0 Å². The van der Waals surface area contributed by atoms with Crippen molar-refractivity contribution >= 4 is 17.3 Å². The highest BCUT2D eigenvalue weighted by molar-refractivity contribution is 6.05. The van der Waals surface area contributed by atoms with Gasteiger partial charge in [0.05, 0.1) is 35.0 Å². The summed E-state index contributed by atoms with van der Waals surface area (Å²) in [6, 6.07) is 5.12. The molecule has 5 nitrogen and oxygen atoms in total. The number of nitrogens with one attached hydrogen (secondary N) is 1. The van der Waals surface area contributed by atoms with Crippen LogP contribution in [0.1, 0.15) is 16.1 Å². The van der Waals surface area contributed by atoms with E-state index in [4.69, 9.17) is 5.73 Å². The van der Waals surface area contributed by atoms with Crippen molar-refractivity contribution < 1.29 is 4.79 Å². The van der Waals surface area contributed by atoms with Crippen LogP contribution in [0.2, 0.25) is 0 Å². The molecule has 0 atom stereocenters. The molecule has 86 valence electrons. The van der Waals surface area contributed by atoms with Crippen LogP contribution in [0.15, 0.2) is 36.8 Å². The number of aryl methyl sites for hydroxylation is 1. The monoisotopic (exact) mass is 228 g/mol. The maximum atomic E-state index is 12.0. The standard InChI is InChI=1S/C12H12N4O/c1-8-11(5-9(13)6-15-8)12(17)16-10-3-2-4-14-7-10/h2-7H,13H2,1H3,(H,16,17). The maximum Gasteiger partial charge on any atom is 0.257 e. The second-order valence-corrected chi connectivity index (χ2v) is 3.60. The zero-order valence-electron chi connectivity index (χ0n) is 9.34. The molecule has 17 heavy (non-hydrogen) atoms. The van der Waals surface area contributed by atoms with E-state index >= 15 is 0 Å². The molecule has 0 radical (unpaired) electrons. The molecule has 0 aliphatic rings. The molecule has 2 aromatic rings. The third-order valence-corrected chi connectivity index (χ3v) is 2.27. The molecular weight excluding hydrogens is 216 g/mol. The van der Waals surface area contributed by atoms with Crippen LogP contribution >= 0.6 is 0 Å². The number of hydrogen-bond donors (Lipinski definition) is 2. The molecule has 1 amide bonds. The van der Waals surface area contributed by atoms with E-state index in [1.807, 2.05) is 0 Å². The van der Waals surface area contributed by atoms with Crippen molar-refractivity contribution in [2.45, 2.75) is 6.92 Å². The second kappa shape index (κ2) is 4.61. The Hall–Kier alpha value is -2.43. The van der Waals surface area contributed by atoms with Gasteiger partial charge in [0.1, 0.15) is 0 Å². The fourth-order valence-corrected chi connectivity index (χ4v) is 1.41. The van der Waals surface area contributed by atoms with Crippen molar-refractivity contribution in [3.05, 3.63) is 48.0 Å². The van der Waals surface area contributed by atoms with Crippen molar-refractivity contribution in [1.82, 2.24) is 9.97 Å². The van der Waals surface area contributed by atoms with Crippen LogP contribution in [0.5, 0.6) is 0 Å². The number of anilines is 2. The van der Waals surface area contributed by atoms with Gasteiger partial charge in [-0.2, -0.15) is 0 Å². The van der Waals surface area contributed by atoms with Crippen molar-refractivity contribution in [3.63, 3.8) is 0 Å². The normalized spacial score (nSPS) is 9.94. The number of pyridine rings is 2. The molecule has 0 aromatic carbocycles. The summed E-state index contributed by atoms with van der Waals surface area (Å²) in [5.41, 5.74) is 7.81. The molecule has 3 N–H and O–H groups in total. The Kier molecular flexibility index (Phi) is 3.00. The van der Waals surface area contributed by atoms with Gasteiger partial charge in [0.25, 0.3) is 5.91 Å². The van der Waals surface area contributed by atoms with Crippen LogP contribution in [0, 0.1) is 6.92 Å². The van der Waals surface area contributed by atoms with Gasteiger partial charge in [-0.25, -0.2) is 0 Å². The predicted octanol–water partition coefficient (Wildman–Crippen LogP) is 1.62. The number of nitrogens with two attached hydrogens (primary N) is 1. The highest BCUT2D eigenvalue weighted by atomic mass is 16.1. The smallest absolute Gasteiger partial charge is 0.257 e. The number of aromatic nitrogens is 2. The van der Waals surface area contributed by atoms with Crippen LogP contribution in [-0.2, 0) is 0 Å². The molecule has 0 saturated carbocycles. The number of hydrogen-bond acceptors (Lipinski definition) is 4. The second-order valence-electron chi connectivity index (χ2n) is 3.60. The first-order valence-corrected chi connectivity index (χ1v) is 5.10. The molecular formula is C12H12N4O. The molecule has 5 heteroatoms. The van der Waals surface area contributed by atoms with Crippen molar-refractivity contribution in [1.29, 1.82) is 0 Å². The summed E-state index contributed by atoms with van der Waals surface area (Å²) < 4.78 is 0. The summed E-state index contributed by atoms with van der Waals surface area (Å²) in [7, 11) is 0. The summed E-state index contributed by atoms with van der Waals surface area (Å²) in [5, 5.41) is 2.73. The fraction of sp³-hybridized carbons (Fsp3) is 0.0833. The molecule has 0 saturated heterocycles. The third-order valence-electron chi connectivity index (χ3n) is 2.27. The van der Waals surface area contributed by atoms with Gasteiger partial charge in [0, 0.05) is 6.20 Å². The van der Waals surface area contributed by atoms with Crippen LogP contribution in [-0.4, -0.2) is 15.9 Å². The minimum atomic E-state index is -0.240. The first-order valence-electron chi connectivity index (χ1n) is 5.10. The molecule has 2 rings (SSSR count). The van der Waals surface area contributed by atoms with E-state index in [-0.39, 0.29) is 5.91 Å². The molecule has 0 spiro atoms. The molecule has 0 unspecified atom stereocenters. The maximum absolute atomic E-state index is 12.0. The lowest BCUT2D eigenvalue weighted by molar-refractivity contribution is 0.102. The molecule has 0 aliphatic carbocycles. The van der Waals surface area contributed by atoms with Gasteiger partial charge in [-0.05, 0) is 25.1 Å². The van der Waals surface area contributed by atoms with E-state index in [1.165, 1.54) is 6.20 Å². The largest absolute Gasteiger partial charge is 0.397 e. The van der Waals surface area contributed by atoms with Gasteiger partial charge in [0.15, 0.2) is 0 Å². The quantitative estimate of drug-likeness (QED) is 0.818. The van der Waals surface area contributed by atoms with E-state index in [0.29, 0.717) is 22.6 Å². The minimum absolute atomic E-state index is 0.240. The molecule has 0 aliphatic heterocycles. The summed E-state index contributed by atoms with van der Waals surface area (Å²) in [5.74, 6) is -0.240. The van der Waals surface area contributed by atoms with E-state index in [1.54, 1.807) is 37.5 Å². The van der Waals surface area contributed by atoms with Crippen molar-refractivity contribution in [2.75, 3.05) is 11.1 Å². The molecule has 0 bridgehead atoms. The number of rotatable bonds is 2. The molecule has 0 fully saturated rings. The average Bonchev–Trinajstić information content (AvgIpc) is 2.33. The summed E-state index contributed by atoms with van der Waals surface area (Å²) in [6.45, 7) is 1.76. The van der Waals surface area contributed by atoms with Gasteiger partial charge in [-0.3, -0.25) is 14.8 Å². The number of amides is 1. The zero-order valence-corrected chi connectivity index (χ0v) is 9.34. The Balaban J connectivity index is 2.23. The Morgan fingerprint density at radius 3 is 2.94 bits per heavy atom. The number of carbonyl (C=O) groups excluding carboxylic acids is 1. The number of nitrogens with zero attached hydrogens (tertiary/aromatic N) is 2. The summed E-state index contributed by atoms with van der Waals surface area (Å²) in [4.78, 5) is 19.9.